The maximum Gasteiger partial charge on any atom is 0.261 e. The number of methoxy groups -OCH3 is 1. The van der Waals surface area contributed by atoms with Gasteiger partial charge in [0.2, 0.25) is 0 Å². The molecule has 0 aliphatic rings. The lowest BCUT2D eigenvalue weighted by atomic mass is 10.3. The number of nitrogens with zero attached hydrogens (tertiary/aromatic N) is 3. The van der Waals surface area contributed by atoms with Crippen LogP contribution in [0.1, 0.15) is 0 Å². The molecule has 0 fully saturated rings. The molecule has 0 bridgehead atoms. The molecule has 0 aliphatic heterocycles. The average Bonchev–Trinajstić information content (AvgIpc) is 2.84. The van der Waals surface area contributed by atoms with E-state index in [2.05, 4.69) is 15.1 Å². The number of ether oxygens (including phenoxy) is 1. The second-order valence-electron chi connectivity index (χ2n) is 3.70. The van der Waals surface area contributed by atoms with Gasteiger partial charge in [0.1, 0.15) is 16.8 Å². The van der Waals surface area contributed by atoms with Crippen LogP contribution >= 0.6 is 0 Å². The molecule has 3 aromatic rings. The van der Waals surface area contributed by atoms with Gasteiger partial charge in [-0.15, -0.1) is 0 Å². The Morgan fingerprint density at radius 1 is 1.33 bits per heavy atom. The van der Waals surface area contributed by atoms with Crippen molar-refractivity contribution in [3.05, 3.63) is 47.1 Å². The molecule has 0 atom stereocenters. The van der Waals surface area contributed by atoms with Crippen molar-refractivity contribution in [2.45, 2.75) is 0 Å². The summed E-state index contributed by atoms with van der Waals surface area (Å²) in [6, 6.07) is 7.43. The van der Waals surface area contributed by atoms with Crippen LogP contribution in [0.4, 0.5) is 0 Å². The predicted molar refractivity (Wildman–Crippen MR) is 66.0 cm³/mol. The third kappa shape index (κ3) is 1.46. The molecule has 1 aromatic carbocycles. The topological polar surface area (TPSA) is 72.8 Å². The van der Waals surface area contributed by atoms with Crippen molar-refractivity contribution < 1.29 is 4.74 Å². The third-order valence-electron chi connectivity index (χ3n) is 2.68. The zero-order valence-electron chi connectivity index (χ0n) is 9.62. The highest BCUT2D eigenvalue weighted by Gasteiger charge is 2.11. The van der Waals surface area contributed by atoms with Crippen LogP contribution in [0.25, 0.3) is 16.7 Å². The van der Waals surface area contributed by atoms with E-state index in [1.165, 1.54) is 12.5 Å². The maximum atomic E-state index is 11.6. The van der Waals surface area contributed by atoms with Gasteiger partial charge in [0.25, 0.3) is 5.56 Å². The van der Waals surface area contributed by atoms with E-state index < -0.39 is 0 Å². The number of para-hydroxylation sites is 2. The first-order valence-electron chi connectivity index (χ1n) is 5.36. The highest BCUT2D eigenvalue weighted by molar-refractivity contribution is 5.75. The van der Waals surface area contributed by atoms with Gasteiger partial charge in [-0.2, -0.15) is 5.10 Å². The summed E-state index contributed by atoms with van der Waals surface area (Å²) in [6.45, 7) is 0. The first-order chi connectivity index (χ1) is 8.81. The summed E-state index contributed by atoms with van der Waals surface area (Å²) >= 11 is 0. The minimum absolute atomic E-state index is 0.207. The standard InChI is InChI=1S/C12H10N4O2/c1-18-10-5-3-2-4-9(10)16-11-8(6-15-16)12(17)14-7-13-11/h2-7H,1H3,(H,13,14,17). The zero-order chi connectivity index (χ0) is 12.5. The van der Waals surface area contributed by atoms with E-state index >= 15 is 0 Å². The third-order valence-corrected chi connectivity index (χ3v) is 2.68. The lowest BCUT2D eigenvalue weighted by molar-refractivity contribution is 0.412. The molecule has 0 aliphatic carbocycles. The lowest BCUT2D eigenvalue weighted by Gasteiger charge is -2.08. The zero-order valence-corrected chi connectivity index (χ0v) is 9.62. The molecular weight excluding hydrogens is 232 g/mol. The van der Waals surface area contributed by atoms with E-state index in [1.54, 1.807) is 11.8 Å². The molecule has 3 rings (SSSR count). The van der Waals surface area contributed by atoms with Gasteiger partial charge in [0, 0.05) is 0 Å². The van der Waals surface area contributed by atoms with Gasteiger partial charge in [-0.05, 0) is 12.1 Å². The Morgan fingerprint density at radius 2 is 2.17 bits per heavy atom. The molecule has 2 heterocycles. The molecule has 0 saturated carbocycles. The molecule has 18 heavy (non-hydrogen) atoms. The van der Waals surface area contributed by atoms with Crippen LogP contribution in [0.5, 0.6) is 5.75 Å². The van der Waals surface area contributed by atoms with Gasteiger partial charge in [-0.3, -0.25) is 4.79 Å². The van der Waals surface area contributed by atoms with E-state index in [0.717, 1.165) is 5.69 Å². The molecule has 6 heteroatoms. The number of hydrogen-bond acceptors (Lipinski definition) is 4. The number of H-pyrrole nitrogens is 1. The highest BCUT2D eigenvalue weighted by atomic mass is 16.5. The first-order valence-corrected chi connectivity index (χ1v) is 5.36. The van der Waals surface area contributed by atoms with Gasteiger partial charge < -0.3 is 9.72 Å². The van der Waals surface area contributed by atoms with Crippen LogP contribution in [0, 0.1) is 0 Å². The molecule has 0 radical (unpaired) electrons. The Balaban J connectivity index is 2.33. The van der Waals surface area contributed by atoms with Gasteiger partial charge in [-0.1, -0.05) is 12.1 Å². The maximum absolute atomic E-state index is 11.6. The fourth-order valence-corrected chi connectivity index (χ4v) is 1.84. The number of aromatic nitrogens is 4. The number of fused-ring (bicyclic) bond motifs is 1. The van der Waals surface area contributed by atoms with Gasteiger partial charge >= 0.3 is 0 Å². The summed E-state index contributed by atoms with van der Waals surface area (Å²) in [5.41, 5.74) is 1.04. The predicted octanol–water partition coefficient (Wildman–Crippen LogP) is 1.12. The number of nitrogens with one attached hydrogen (secondary N) is 1. The van der Waals surface area contributed by atoms with E-state index in [4.69, 9.17) is 4.74 Å². The van der Waals surface area contributed by atoms with Crippen molar-refractivity contribution in [2.24, 2.45) is 0 Å². The quantitative estimate of drug-likeness (QED) is 0.730. The van der Waals surface area contributed by atoms with Crippen LogP contribution in [0.3, 0.4) is 0 Å². The van der Waals surface area contributed by atoms with E-state index in [9.17, 15) is 4.79 Å². The normalized spacial score (nSPS) is 10.7. The molecular formula is C12H10N4O2. The number of benzene rings is 1. The van der Waals surface area contributed by atoms with Gasteiger partial charge in [-0.25, -0.2) is 9.67 Å². The van der Waals surface area contributed by atoms with Crippen LogP contribution in [0.2, 0.25) is 0 Å². The molecule has 1 N–H and O–H groups in total. The largest absolute Gasteiger partial charge is 0.494 e. The summed E-state index contributed by atoms with van der Waals surface area (Å²) in [5.74, 6) is 0.671. The van der Waals surface area contributed by atoms with E-state index in [0.29, 0.717) is 16.8 Å². The van der Waals surface area contributed by atoms with Crippen LogP contribution in [0.15, 0.2) is 41.6 Å². The van der Waals surface area contributed by atoms with Crippen LogP contribution in [-0.2, 0) is 0 Å². The SMILES string of the molecule is COc1ccccc1-n1ncc2c(=O)[nH]cnc21. The molecule has 6 nitrogen and oxygen atoms in total. The number of hydrogen-bond donors (Lipinski definition) is 1. The molecule has 0 spiro atoms. The molecule has 90 valence electrons. The highest BCUT2D eigenvalue weighted by Crippen LogP contribution is 2.23. The summed E-state index contributed by atoms with van der Waals surface area (Å²) in [4.78, 5) is 18.3. The van der Waals surface area contributed by atoms with Crippen molar-refractivity contribution in [2.75, 3.05) is 7.11 Å². The molecule has 0 unspecified atom stereocenters. The molecule has 0 amide bonds. The van der Waals surface area contributed by atoms with Crippen molar-refractivity contribution in [1.82, 2.24) is 19.7 Å². The van der Waals surface area contributed by atoms with E-state index in [1.807, 2.05) is 24.3 Å². The van der Waals surface area contributed by atoms with Crippen LogP contribution in [-0.4, -0.2) is 26.9 Å². The van der Waals surface area contributed by atoms with Gasteiger partial charge in [0.15, 0.2) is 5.65 Å². The summed E-state index contributed by atoms with van der Waals surface area (Å²) in [6.07, 6.45) is 2.85. The minimum atomic E-state index is -0.207. The van der Waals surface area contributed by atoms with Crippen molar-refractivity contribution in [3.63, 3.8) is 0 Å². The number of aromatic amines is 1. The fraction of sp³-hybridized carbons (Fsp3) is 0.0833. The van der Waals surface area contributed by atoms with Crippen molar-refractivity contribution in [1.29, 1.82) is 0 Å². The lowest BCUT2D eigenvalue weighted by Crippen LogP contribution is -2.07. The summed E-state index contributed by atoms with van der Waals surface area (Å²) < 4.78 is 6.86. The van der Waals surface area contributed by atoms with Crippen molar-refractivity contribution >= 4 is 11.0 Å². The second kappa shape index (κ2) is 3.99. The second-order valence-corrected chi connectivity index (χ2v) is 3.70. The van der Waals surface area contributed by atoms with Crippen molar-refractivity contribution in [3.8, 4) is 11.4 Å². The summed E-state index contributed by atoms with van der Waals surface area (Å²) in [5, 5.41) is 4.64. The van der Waals surface area contributed by atoms with E-state index in [-0.39, 0.29) is 5.56 Å². The molecule has 2 aromatic heterocycles. The number of rotatable bonds is 2. The van der Waals surface area contributed by atoms with Gasteiger partial charge in [0.05, 0.1) is 19.6 Å². The summed E-state index contributed by atoms with van der Waals surface area (Å²) in [7, 11) is 1.59. The minimum Gasteiger partial charge on any atom is -0.494 e. The fourth-order valence-electron chi connectivity index (χ4n) is 1.84. The monoisotopic (exact) mass is 242 g/mol. The Kier molecular flexibility index (Phi) is 2.33. The smallest absolute Gasteiger partial charge is 0.261 e. The Bertz CT molecular complexity index is 760. The first kappa shape index (κ1) is 10.5. The Hall–Kier alpha value is -2.63. The van der Waals surface area contributed by atoms with Crippen LogP contribution < -0.4 is 10.3 Å². The Morgan fingerprint density at radius 3 is 3.00 bits per heavy atom. The Labute approximate surface area is 102 Å². The average molecular weight is 242 g/mol. The molecule has 0 saturated heterocycles.